The number of rotatable bonds is 4. The predicted octanol–water partition coefficient (Wildman–Crippen LogP) is 2.60. The maximum atomic E-state index is 12.0. The number of fused-ring (bicyclic) bond motifs is 1. The number of aromatic nitrogens is 2. The van der Waals surface area contributed by atoms with Crippen molar-refractivity contribution in [3.63, 3.8) is 0 Å². The van der Waals surface area contributed by atoms with Gasteiger partial charge in [-0.05, 0) is 38.1 Å². The number of carbonyl (C=O) groups is 2. The van der Waals surface area contributed by atoms with E-state index < -0.39 is 0 Å². The number of nitrogens with one attached hydrogen (secondary N) is 2. The fraction of sp³-hybridized carbons (Fsp3) is 0.391. The van der Waals surface area contributed by atoms with Gasteiger partial charge in [-0.1, -0.05) is 12.6 Å². The summed E-state index contributed by atoms with van der Waals surface area (Å²) in [6.07, 6.45) is 2.87. The zero-order chi connectivity index (χ0) is 22.1. The molecule has 2 amide bonds. The summed E-state index contributed by atoms with van der Waals surface area (Å²) in [6.45, 7) is 11.5. The van der Waals surface area contributed by atoms with Crippen LogP contribution in [0.3, 0.4) is 0 Å². The van der Waals surface area contributed by atoms with Crippen molar-refractivity contribution in [1.29, 1.82) is 0 Å². The van der Waals surface area contributed by atoms with Gasteiger partial charge in [0.1, 0.15) is 11.6 Å². The number of hydrogen-bond donors (Lipinski definition) is 2. The van der Waals surface area contributed by atoms with Crippen molar-refractivity contribution in [3.8, 4) is 0 Å². The number of piperazine rings is 1. The molecule has 2 aromatic rings. The summed E-state index contributed by atoms with van der Waals surface area (Å²) in [4.78, 5) is 37.2. The molecule has 1 unspecified atom stereocenters. The monoisotopic (exact) mass is 420 g/mol. The molecule has 0 bridgehead atoms. The van der Waals surface area contributed by atoms with Gasteiger partial charge in [-0.3, -0.25) is 9.59 Å². The van der Waals surface area contributed by atoms with Crippen molar-refractivity contribution in [2.24, 2.45) is 0 Å². The highest BCUT2D eigenvalue weighted by Gasteiger charge is 2.32. The first-order valence-corrected chi connectivity index (χ1v) is 10.6. The van der Waals surface area contributed by atoms with Crippen molar-refractivity contribution < 1.29 is 9.59 Å². The van der Waals surface area contributed by atoms with E-state index in [2.05, 4.69) is 40.9 Å². The number of anilines is 3. The van der Waals surface area contributed by atoms with Gasteiger partial charge in [0.2, 0.25) is 11.8 Å². The Morgan fingerprint density at radius 3 is 2.68 bits per heavy atom. The zero-order valence-electron chi connectivity index (χ0n) is 18.1. The van der Waals surface area contributed by atoms with Crippen LogP contribution in [0.15, 0.2) is 43.1 Å². The Hall–Kier alpha value is -3.42. The third-order valence-corrected chi connectivity index (χ3v) is 5.94. The molecule has 2 aliphatic heterocycles. The summed E-state index contributed by atoms with van der Waals surface area (Å²) in [5, 5.41) is 6.10. The Balaban J connectivity index is 1.58. The quantitative estimate of drug-likeness (QED) is 0.739. The molecular weight excluding hydrogens is 392 g/mol. The van der Waals surface area contributed by atoms with E-state index in [0.29, 0.717) is 12.2 Å². The highest BCUT2D eigenvalue weighted by molar-refractivity contribution is 5.98. The SMILES string of the molecule is C=CC(=O)Nc1cnc2c(c1)C(c1cccc(N3C[C@@H](C)N(C(C)=O)[C@@H](C)C3)n1)CN2. The molecule has 31 heavy (non-hydrogen) atoms. The molecule has 8 nitrogen and oxygen atoms in total. The molecule has 4 heterocycles. The number of hydrogen-bond acceptors (Lipinski definition) is 6. The average molecular weight is 421 g/mol. The van der Waals surface area contributed by atoms with Crippen LogP contribution < -0.4 is 15.5 Å². The summed E-state index contributed by atoms with van der Waals surface area (Å²) in [5.41, 5.74) is 2.60. The van der Waals surface area contributed by atoms with Gasteiger partial charge in [0.15, 0.2) is 0 Å². The Labute approximate surface area is 182 Å². The Bertz CT molecular complexity index is 1010. The van der Waals surface area contributed by atoms with Gasteiger partial charge in [0.25, 0.3) is 0 Å². The molecule has 0 saturated carbocycles. The molecule has 0 aromatic carbocycles. The fourth-order valence-electron chi connectivity index (χ4n) is 4.67. The molecule has 8 heteroatoms. The van der Waals surface area contributed by atoms with Crippen LogP contribution in [0, 0.1) is 0 Å². The van der Waals surface area contributed by atoms with Crippen LogP contribution in [0.4, 0.5) is 17.3 Å². The molecule has 2 N–H and O–H groups in total. The molecule has 0 spiro atoms. The minimum atomic E-state index is -0.266. The lowest BCUT2D eigenvalue weighted by molar-refractivity contribution is -0.133. The highest BCUT2D eigenvalue weighted by atomic mass is 16.2. The van der Waals surface area contributed by atoms with Gasteiger partial charge in [-0.25, -0.2) is 9.97 Å². The first kappa shape index (κ1) is 20.8. The minimum absolute atomic E-state index is 0.0383. The molecular formula is C23H28N6O2. The minimum Gasteiger partial charge on any atom is -0.369 e. The summed E-state index contributed by atoms with van der Waals surface area (Å²) in [6, 6.07) is 8.27. The lowest BCUT2D eigenvalue weighted by atomic mass is 9.98. The molecule has 3 atom stereocenters. The number of amides is 2. The van der Waals surface area contributed by atoms with Crippen molar-refractivity contribution in [2.45, 2.75) is 38.8 Å². The smallest absolute Gasteiger partial charge is 0.247 e. The Morgan fingerprint density at radius 2 is 2.00 bits per heavy atom. The summed E-state index contributed by atoms with van der Waals surface area (Å²) in [7, 11) is 0. The van der Waals surface area contributed by atoms with E-state index in [4.69, 9.17) is 4.98 Å². The van der Waals surface area contributed by atoms with E-state index in [1.165, 1.54) is 6.08 Å². The second kappa shape index (κ2) is 8.37. The Morgan fingerprint density at radius 1 is 1.26 bits per heavy atom. The van der Waals surface area contributed by atoms with Crippen LogP contribution in [0.5, 0.6) is 0 Å². The van der Waals surface area contributed by atoms with E-state index >= 15 is 0 Å². The normalized spacial score (nSPS) is 22.5. The second-order valence-corrected chi connectivity index (χ2v) is 8.24. The molecule has 162 valence electrons. The molecule has 1 saturated heterocycles. The van der Waals surface area contributed by atoms with Crippen LogP contribution in [0.25, 0.3) is 0 Å². The van der Waals surface area contributed by atoms with Gasteiger partial charge in [0.05, 0.1) is 17.6 Å². The standard InChI is InChI=1S/C23H28N6O2/c1-5-22(31)26-17-9-18-19(11-25-23(18)24-10-17)20-7-6-8-21(27-20)28-12-14(2)29(16(4)30)15(3)13-28/h5-10,14-15,19H,1,11-13H2,2-4H3,(H,24,25)(H,26,31)/t14-,15+,19?. The molecule has 1 fully saturated rings. The van der Waals surface area contributed by atoms with Gasteiger partial charge in [-0.2, -0.15) is 0 Å². The van der Waals surface area contributed by atoms with Crippen LogP contribution in [0.2, 0.25) is 0 Å². The summed E-state index contributed by atoms with van der Waals surface area (Å²) < 4.78 is 0. The van der Waals surface area contributed by atoms with Crippen molar-refractivity contribution in [1.82, 2.24) is 14.9 Å². The largest absolute Gasteiger partial charge is 0.369 e. The summed E-state index contributed by atoms with van der Waals surface area (Å²) >= 11 is 0. The number of carbonyl (C=O) groups excluding carboxylic acids is 2. The topological polar surface area (TPSA) is 90.5 Å². The van der Waals surface area contributed by atoms with Crippen molar-refractivity contribution >= 4 is 29.1 Å². The summed E-state index contributed by atoms with van der Waals surface area (Å²) in [5.74, 6) is 1.61. The van der Waals surface area contributed by atoms with E-state index in [1.807, 2.05) is 29.2 Å². The van der Waals surface area contributed by atoms with E-state index in [1.54, 1.807) is 13.1 Å². The van der Waals surface area contributed by atoms with Crippen LogP contribution in [-0.2, 0) is 9.59 Å². The number of pyridine rings is 2. The van der Waals surface area contributed by atoms with Crippen LogP contribution in [-0.4, -0.2) is 58.4 Å². The van der Waals surface area contributed by atoms with Gasteiger partial charge in [-0.15, -0.1) is 0 Å². The highest BCUT2D eigenvalue weighted by Crippen LogP contribution is 2.36. The van der Waals surface area contributed by atoms with E-state index in [9.17, 15) is 9.59 Å². The van der Waals surface area contributed by atoms with Crippen LogP contribution >= 0.6 is 0 Å². The maximum Gasteiger partial charge on any atom is 0.247 e. The molecule has 4 rings (SSSR count). The van der Waals surface area contributed by atoms with Gasteiger partial charge < -0.3 is 20.4 Å². The lowest BCUT2D eigenvalue weighted by Crippen LogP contribution is -2.58. The molecule has 2 aromatic heterocycles. The fourth-order valence-corrected chi connectivity index (χ4v) is 4.67. The first-order valence-electron chi connectivity index (χ1n) is 10.6. The maximum absolute atomic E-state index is 12.0. The number of nitrogens with zero attached hydrogens (tertiary/aromatic N) is 4. The van der Waals surface area contributed by atoms with Crippen molar-refractivity contribution in [2.75, 3.05) is 35.2 Å². The third kappa shape index (κ3) is 4.10. The lowest BCUT2D eigenvalue weighted by Gasteiger charge is -2.44. The average Bonchev–Trinajstić information content (AvgIpc) is 3.16. The van der Waals surface area contributed by atoms with E-state index in [-0.39, 0.29) is 29.8 Å². The van der Waals surface area contributed by atoms with E-state index in [0.717, 1.165) is 36.0 Å². The second-order valence-electron chi connectivity index (χ2n) is 8.24. The molecule has 0 radical (unpaired) electrons. The molecule has 0 aliphatic carbocycles. The van der Waals surface area contributed by atoms with Crippen LogP contribution in [0.1, 0.15) is 37.9 Å². The first-order chi connectivity index (χ1) is 14.9. The molecule has 2 aliphatic rings. The zero-order valence-corrected chi connectivity index (χ0v) is 18.1. The predicted molar refractivity (Wildman–Crippen MR) is 121 cm³/mol. The van der Waals surface area contributed by atoms with Crippen molar-refractivity contribution in [3.05, 3.63) is 54.4 Å². The van der Waals surface area contributed by atoms with Gasteiger partial charge >= 0.3 is 0 Å². The third-order valence-electron chi connectivity index (χ3n) is 5.94. The Kier molecular flexibility index (Phi) is 5.63. The van der Waals surface area contributed by atoms with Gasteiger partial charge in [0, 0.05) is 50.1 Å².